The predicted octanol–water partition coefficient (Wildman–Crippen LogP) is 6.53. The first-order valence-electron chi connectivity index (χ1n) is 13.1. The average molecular weight is 553 g/mol. The molecule has 0 fully saturated rings. The van der Waals surface area contributed by atoms with Gasteiger partial charge in [0.05, 0.1) is 11.0 Å². The Morgan fingerprint density at radius 3 is 2.34 bits per heavy atom. The Kier molecular flexibility index (Phi) is 7.28. The number of furan rings is 1. The quantitative estimate of drug-likeness (QED) is 0.189. The second-order valence-electron chi connectivity index (χ2n) is 10.6. The third-order valence-electron chi connectivity index (χ3n) is 6.93. The minimum Gasteiger partial charge on any atom is -0.455 e. The topological polar surface area (TPSA) is 117 Å². The van der Waals surface area contributed by atoms with Crippen LogP contribution in [-0.2, 0) is 4.79 Å². The van der Waals surface area contributed by atoms with E-state index in [-0.39, 0.29) is 29.8 Å². The number of Topliss-reactive ketones (excluding diaryl/α,β-unsaturated/α-hetero) is 1. The van der Waals surface area contributed by atoms with Gasteiger partial charge < -0.3 is 15.1 Å². The van der Waals surface area contributed by atoms with Crippen molar-refractivity contribution in [1.29, 1.82) is 0 Å². The van der Waals surface area contributed by atoms with Crippen LogP contribution in [0.15, 0.2) is 77.2 Å². The van der Waals surface area contributed by atoms with Crippen LogP contribution in [0.4, 0.5) is 10.2 Å². The molecular weight excluding hydrogens is 523 g/mol. The lowest BCUT2D eigenvalue weighted by molar-refractivity contribution is -0.123. The fourth-order valence-corrected chi connectivity index (χ4v) is 4.66. The second-order valence-corrected chi connectivity index (χ2v) is 10.6. The van der Waals surface area contributed by atoms with E-state index >= 15 is 0 Å². The highest BCUT2D eigenvalue weighted by Crippen LogP contribution is 2.36. The van der Waals surface area contributed by atoms with Crippen LogP contribution in [0.3, 0.4) is 0 Å². The summed E-state index contributed by atoms with van der Waals surface area (Å²) >= 11 is 0. The van der Waals surface area contributed by atoms with Gasteiger partial charge in [-0.1, -0.05) is 38.1 Å². The number of hydrogen-bond donors (Lipinski definition) is 3. The van der Waals surface area contributed by atoms with Crippen molar-refractivity contribution in [1.82, 2.24) is 15.5 Å². The number of halogens is 1. The van der Waals surface area contributed by atoms with E-state index in [1.54, 1.807) is 56.3 Å². The lowest BCUT2D eigenvalue weighted by Gasteiger charge is -2.22. The van der Waals surface area contributed by atoms with Crippen LogP contribution in [0.5, 0.6) is 0 Å². The maximum atomic E-state index is 13.5. The van der Waals surface area contributed by atoms with Crippen molar-refractivity contribution < 1.29 is 23.2 Å². The number of nitrogens with one attached hydrogen (secondary N) is 3. The Morgan fingerprint density at radius 1 is 0.951 bits per heavy atom. The van der Waals surface area contributed by atoms with Crippen molar-refractivity contribution in [2.45, 2.75) is 27.2 Å². The average Bonchev–Trinajstić information content (AvgIpc) is 3.55. The monoisotopic (exact) mass is 552 g/mol. The van der Waals surface area contributed by atoms with Crippen LogP contribution in [0, 0.1) is 18.2 Å². The number of aromatic amines is 1. The van der Waals surface area contributed by atoms with Gasteiger partial charge in [0, 0.05) is 41.7 Å². The van der Waals surface area contributed by atoms with E-state index in [4.69, 9.17) is 4.42 Å². The van der Waals surface area contributed by atoms with Crippen molar-refractivity contribution in [3.63, 3.8) is 0 Å². The fraction of sp³-hybridized carbons (Fsp3) is 0.188. The number of anilines is 1. The summed E-state index contributed by atoms with van der Waals surface area (Å²) in [5.41, 5.74) is 3.24. The Bertz CT molecular complexity index is 1780. The van der Waals surface area contributed by atoms with E-state index in [9.17, 15) is 18.8 Å². The number of ketones is 1. The number of carbonyl (C=O) groups is 3. The SMILES string of the molecule is CNC(=O)c1c(-c2ccc(F)cc2)oc2ccc(-c3cccc(C(=O)CC(C)(C)C(=O)Nc4cc(C)[nH]n4)c3)cc12. The van der Waals surface area contributed by atoms with E-state index in [1.807, 2.05) is 25.1 Å². The molecule has 41 heavy (non-hydrogen) atoms. The number of amides is 2. The second kappa shape index (κ2) is 10.8. The first kappa shape index (κ1) is 27.5. The smallest absolute Gasteiger partial charge is 0.255 e. The Hall–Kier alpha value is -5.05. The molecule has 0 aliphatic carbocycles. The van der Waals surface area contributed by atoms with Crippen molar-refractivity contribution in [3.8, 4) is 22.5 Å². The third kappa shape index (κ3) is 5.65. The summed E-state index contributed by atoms with van der Waals surface area (Å²) in [6, 6.07) is 20.1. The molecule has 3 aromatic carbocycles. The number of hydrogen-bond acceptors (Lipinski definition) is 5. The number of benzene rings is 3. The zero-order chi connectivity index (χ0) is 29.3. The van der Waals surface area contributed by atoms with Gasteiger partial charge in [-0.15, -0.1) is 0 Å². The number of aromatic nitrogens is 2. The van der Waals surface area contributed by atoms with Gasteiger partial charge in [-0.05, 0) is 60.5 Å². The molecule has 2 aromatic heterocycles. The molecular formula is C32H29FN4O4. The molecule has 2 amide bonds. The van der Waals surface area contributed by atoms with Gasteiger partial charge in [-0.25, -0.2) is 4.39 Å². The molecule has 0 radical (unpaired) electrons. The molecule has 0 unspecified atom stereocenters. The highest BCUT2D eigenvalue weighted by molar-refractivity contribution is 6.12. The van der Waals surface area contributed by atoms with Gasteiger partial charge >= 0.3 is 0 Å². The summed E-state index contributed by atoms with van der Waals surface area (Å²) in [6.07, 6.45) is -0.00565. The molecule has 0 saturated heterocycles. The van der Waals surface area contributed by atoms with Crippen LogP contribution < -0.4 is 10.6 Å². The van der Waals surface area contributed by atoms with Gasteiger partial charge in [0.1, 0.15) is 17.2 Å². The van der Waals surface area contributed by atoms with Gasteiger partial charge in [-0.3, -0.25) is 19.5 Å². The maximum absolute atomic E-state index is 13.5. The molecule has 0 saturated carbocycles. The van der Waals surface area contributed by atoms with E-state index < -0.39 is 5.41 Å². The number of nitrogens with zero attached hydrogens (tertiary/aromatic N) is 1. The Morgan fingerprint density at radius 2 is 1.66 bits per heavy atom. The number of H-pyrrole nitrogens is 1. The number of aryl methyl sites for hydroxylation is 1. The van der Waals surface area contributed by atoms with Crippen molar-refractivity contribution in [2.75, 3.05) is 12.4 Å². The summed E-state index contributed by atoms with van der Waals surface area (Å²) < 4.78 is 19.6. The van der Waals surface area contributed by atoms with Crippen LogP contribution in [-0.4, -0.2) is 34.8 Å². The molecule has 0 aliphatic rings. The predicted molar refractivity (Wildman–Crippen MR) is 155 cm³/mol. The molecule has 8 nitrogen and oxygen atoms in total. The van der Waals surface area contributed by atoms with Crippen LogP contribution >= 0.6 is 0 Å². The van der Waals surface area contributed by atoms with Crippen LogP contribution in [0.1, 0.15) is 46.7 Å². The zero-order valence-corrected chi connectivity index (χ0v) is 23.1. The third-order valence-corrected chi connectivity index (χ3v) is 6.93. The number of rotatable bonds is 8. The van der Waals surface area contributed by atoms with Gasteiger partial charge in [-0.2, -0.15) is 5.10 Å². The summed E-state index contributed by atoms with van der Waals surface area (Å²) in [4.78, 5) is 39.1. The molecule has 0 spiro atoms. The lowest BCUT2D eigenvalue weighted by atomic mass is 9.84. The lowest BCUT2D eigenvalue weighted by Crippen LogP contribution is -2.33. The molecule has 5 aromatic rings. The van der Waals surface area contributed by atoms with Crippen molar-refractivity contribution in [2.24, 2.45) is 5.41 Å². The summed E-state index contributed by atoms with van der Waals surface area (Å²) in [5.74, 6) is -0.472. The summed E-state index contributed by atoms with van der Waals surface area (Å²) in [5, 5.41) is 12.8. The summed E-state index contributed by atoms with van der Waals surface area (Å²) in [7, 11) is 1.53. The minimum absolute atomic E-state index is 0.00565. The first-order chi connectivity index (χ1) is 19.6. The summed E-state index contributed by atoms with van der Waals surface area (Å²) in [6.45, 7) is 5.27. The van der Waals surface area contributed by atoms with Crippen molar-refractivity contribution in [3.05, 3.63) is 95.4 Å². The van der Waals surface area contributed by atoms with Gasteiger partial charge in [0.25, 0.3) is 5.91 Å². The standard InChI is InChI=1S/C32H29FN4O4/c1-18-14-27(37-36-18)35-31(40)32(2,3)17-25(38)22-7-5-6-20(15-22)21-10-13-26-24(16-21)28(30(39)34-4)29(41-26)19-8-11-23(33)12-9-19/h5-16H,17H2,1-4H3,(H,34,39)(H2,35,36,37,40). The van der Waals surface area contributed by atoms with Crippen molar-refractivity contribution >= 4 is 34.4 Å². The van der Waals surface area contributed by atoms with E-state index in [1.165, 1.54) is 19.2 Å². The molecule has 9 heteroatoms. The largest absolute Gasteiger partial charge is 0.455 e. The molecule has 0 atom stereocenters. The molecule has 0 aliphatic heterocycles. The first-order valence-corrected chi connectivity index (χ1v) is 13.1. The Balaban J connectivity index is 1.44. The minimum atomic E-state index is -0.977. The maximum Gasteiger partial charge on any atom is 0.255 e. The Labute approximate surface area is 236 Å². The molecule has 3 N–H and O–H groups in total. The van der Waals surface area contributed by atoms with E-state index in [0.717, 1.165) is 16.8 Å². The highest BCUT2D eigenvalue weighted by Gasteiger charge is 2.31. The number of carbonyl (C=O) groups excluding carboxylic acids is 3. The fourth-order valence-electron chi connectivity index (χ4n) is 4.66. The zero-order valence-electron chi connectivity index (χ0n) is 23.1. The normalized spacial score (nSPS) is 11.4. The van der Waals surface area contributed by atoms with Gasteiger partial charge in [0.15, 0.2) is 11.6 Å². The molecule has 0 bridgehead atoms. The van der Waals surface area contributed by atoms with E-state index in [0.29, 0.717) is 39.2 Å². The highest BCUT2D eigenvalue weighted by atomic mass is 19.1. The molecule has 5 rings (SSSR count). The molecule has 208 valence electrons. The molecule has 2 heterocycles. The van der Waals surface area contributed by atoms with E-state index in [2.05, 4.69) is 20.8 Å². The van der Waals surface area contributed by atoms with Crippen LogP contribution in [0.25, 0.3) is 33.4 Å². The van der Waals surface area contributed by atoms with Gasteiger partial charge in [0.2, 0.25) is 5.91 Å². The number of fused-ring (bicyclic) bond motifs is 1. The van der Waals surface area contributed by atoms with Crippen LogP contribution in [0.2, 0.25) is 0 Å².